The highest BCUT2D eigenvalue weighted by Crippen LogP contribution is 2.28. The lowest BCUT2D eigenvalue weighted by Crippen LogP contribution is -2.12. The maximum Gasteiger partial charge on any atom is 0.258 e. The Morgan fingerprint density at radius 2 is 1.95 bits per heavy atom. The molecule has 0 atom stereocenters. The van der Waals surface area contributed by atoms with Gasteiger partial charge in [0.1, 0.15) is 0 Å². The number of benzene rings is 2. The zero-order valence-corrected chi connectivity index (χ0v) is 11.4. The summed E-state index contributed by atoms with van der Waals surface area (Å²) in [7, 11) is 0. The highest BCUT2D eigenvalue weighted by atomic mass is 16.5. The number of fused-ring (bicyclic) bond motifs is 2. The van der Waals surface area contributed by atoms with Crippen LogP contribution in [0.25, 0.3) is 10.8 Å². The normalized spacial score (nSPS) is 13.3. The predicted octanol–water partition coefficient (Wildman–Crippen LogP) is 3.57. The summed E-state index contributed by atoms with van der Waals surface area (Å²) in [6.45, 7) is 0. The molecule has 4 heteroatoms. The minimum Gasteiger partial charge on any atom is -0.338 e. The fourth-order valence-electron chi connectivity index (χ4n) is 2.83. The van der Waals surface area contributed by atoms with E-state index in [2.05, 4.69) is 10.5 Å². The van der Waals surface area contributed by atoms with Crippen molar-refractivity contribution in [1.82, 2.24) is 5.16 Å². The molecule has 0 saturated heterocycles. The highest BCUT2D eigenvalue weighted by Gasteiger charge is 2.22. The fourth-order valence-corrected chi connectivity index (χ4v) is 2.83. The monoisotopic (exact) mass is 278 g/mol. The minimum absolute atomic E-state index is 0.161. The largest absolute Gasteiger partial charge is 0.338 e. The van der Waals surface area contributed by atoms with E-state index < -0.39 is 0 Å². The van der Waals surface area contributed by atoms with Crippen LogP contribution in [0, 0.1) is 0 Å². The Kier molecular flexibility index (Phi) is 2.74. The highest BCUT2D eigenvalue weighted by molar-refractivity contribution is 6.06. The van der Waals surface area contributed by atoms with Gasteiger partial charge in [-0.1, -0.05) is 35.5 Å². The molecule has 1 amide bonds. The first-order valence-electron chi connectivity index (χ1n) is 7.09. The average Bonchev–Trinajstić information content (AvgIpc) is 3.12. The van der Waals surface area contributed by atoms with Crippen LogP contribution in [0.3, 0.4) is 0 Å². The Bertz CT molecular complexity index is 836. The predicted molar refractivity (Wildman–Crippen MR) is 80.4 cm³/mol. The van der Waals surface area contributed by atoms with Gasteiger partial charge in [-0.05, 0) is 42.2 Å². The second-order valence-electron chi connectivity index (χ2n) is 5.31. The molecule has 3 aromatic rings. The maximum atomic E-state index is 12.4. The molecule has 4 rings (SSSR count). The summed E-state index contributed by atoms with van der Waals surface area (Å²) >= 11 is 0. The van der Waals surface area contributed by atoms with Gasteiger partial charge in [-0.25, -0.2) is 0 Å². The van der Waals surface area contributed by atoms with Crippen molar-refractivity contribution < 1.29 is 9.32 Å². The lowest BCUT2D eigenvalue weighted by molar-refractivity contribution is 0.102. The minimum atomic E-state index is -0.161. The molecule has 0 fully saturated rings. The Morgan fingerprint density at radius 1 is 1.10 bits per heavy atom. The lowest BCUT2D eigenvalue weighted by Gasteiger charge is -2.04. The number of hydrogen-bond donors (Lipinski definition) is 1. The molecule has 0 radical (unpaired) electrons. The Labute approximate surface area is 121 Å². The zero-order valence-electron chi connectivity index (χ0n) is 11.4. The Balaban J connectivity index is 1.63. The number of nitrogens with one attached hydrogen (secondary N) is 1. The van der Waals surface area contributed by atoms with Gasteiger partial charge < -0.3 is 4.52 Å². The van der Waals surface area contributed by atoms with Crippen LogP contribution >= 0.6 is 0 Å². The molecule has 1 N–H and O–H groups in total. The molecule has 1 heterocycles. The van der Waals surface area contributed by atoms with Crippen molar-refractivity contribution in [2.24, 2.45) is 0 Å². The maximum absolute atomic E-state index is 12.4. The lowest BCUT2D eigenvalue weighted by atomic mass is 10.1. The quantitative estimate of drug-likeness (QED) is 0.779. The Hall–Kier alpha value is -2.62. The summed E-state index contributed by atoms with van der Waals surface area (Å²) < 4.78 is 5.24. The van der Waals surface area contributed by atoms with Crippen molar-refractivity contribution in [3.8, 4) is 0 Å². The van der Waals surface area contributed by atoms with Crippen LogP contribution in [-0.4, -0.2) is 11.1 Å². The molecular formula is C17H14N2O2. The molecule has 0 unspecified atom stereocenters. The first kappa shape index (κ1) is 12.1. The number of anilines is 1. The number of nitrogens with zero attached hydrogens (tertiary/aromatic N) is 1. The summed E-state index contributed by atoms with van der Waals surface area (Å²) in [5.41, 5.74) is 2.64. The zero-order chi connectivity index (χ0) is 14.2. The van der Waals surface area contributed by atoms with Crippen molar-refractivity contribution >= 4 is 22.6 Å². The summed E-state index contributed by atoms with van der Waals surface area (Å²) in [6.07, 6.45) is 2.93. The molecule has 0 saturated carbocycles. The average molecular weight is 278 g/mol. The second-order valence-corrected chi connectivity index (χ2v) is 5.31. The van der Waals surface area contributed by atoms with Gasteiger partial charge in [0.15, 0.2) is 0 Å². The van der Waals surface area contributed by atoms with Crippen LogP contribution in [-0.2, 0) is 12.8 Å². The summed E-state index contributed by atoms with van der Waals surface area (Å²) in [5, 5.41) is 9.01. The fraction of sp³-hybridized carbons (Fsp3) is 0.176. The topological polar surface area (TPSA) is 55.1 Å². The SMILES string of the molecule is O=C(Nc1onc2c1CCC2)c1ccc2ccccc2c1. The van der Waals surface area contributed by atoms with E-state index in [1.807, 2.05) is 42.5 Å². The van der Waals surface area contributed by atoms with E-state index >= 15 is 0 Å². The number of carbonyl (C=O) groups is 1. The number of carbonyl (C=O) groups excluding carboxylic acids is 1. The third-order valence-electron chi connectivity index (χ3n) is 3.95. The van der Waals surface area contributed by atoms with Gasteiger partial charge in [0.25, 0.3) is 5.91 Å². The summed E-state index contributed by atoms with van der Waals surface area (Å²) in [6, 6.07) is 13.6. The smallest absolute Gasteiger partial charge is 0.258 e. The molecule has 104 valence electrons. The summed E-state index contributed by atoms with van der Waals surface area (Å²) in [5.74, 6) is 0.340. The molecule has 1 aromatic heterocycles. The van der Waals surface area contributed by atoms with Crippen LogP contribution in [0.2, 0.25) is 0 Å². The van der Waals surface area contributed by atoms with Crippen LogP contribution in [0.5, 0.6) is 0 Å². The molecule has 1 aliphatic carbocycles. The molecule has 21 heavy (non-hydrogen) atoms. The van der Waals surface area contributed by atoms with Crippen LogP contribution < -0.4 is 5.32 Å². The number of aromatic nitrogens is 1. The molecule has 0 aliphatic heterocycles. The molecule has 0 bridgehead atoms. The van der Waals surface area contributed by atoms with Crippen LogP contribution in [0.4, 0.5) is 5.88 Å². The number of aryl methyl sites for hydroxylation is 1. The van der Waals surface area contributed by atoms with Crippen molar-refractivity contribution in [2.45, 2.75) is 19.3 Å². The van der Waals surface area contributed by atoms with Gasteiger partial charge in [0, 0.05) is 11.1 Å². The van der Waals surface area contributed by atoms with E-state index in [0.717, 1.165) is 41.3 Å². The molecule has 4 nitrogen and oxygen atoms in total. The van der Waals surface area contributed by atoms with Gasteiger partial charge in [-0.15, -0.1) is 0 Å². The van der Waals surface area contributed by atoms with E-state index in [1.165, 1.54) is 0 Å². The van der Waals surface area contributed by atoms with Crippen molar-refractivity contribution in [1.29, 1.82) is 0 Å². The van der Waals surface area contributed by atoms with Gasteiger partial charge in [0.05, 0.1) is 5.69 Å². The third kappa shape index (κ3) is 2.09. The van der Waals surface area contributed by atoms with Gasteiger partial charge in [-0.3, -0.25) is 10.1 Å². The van der Waals surface area contributed by atoms with E-state index in [0.29, 0.717) is 11.4 Å². The third-order valence-corrected chi connectivity index (χ3v) is 3.95. The van der Waals surface area contributed by atoms with Gasteiger partial charge in [0.2, 0.25) is 5.88 Å². The first-order chi connectivity index (χ1) is 10.3. The van der Waals surface area contributed by atoms with Gasteiger partial charge in [-0.2, -0.15) is 0 Å². The van der Waals surface area contributed by atoms with Crippen molar-refractivity contribution in [2.75, 3.05) is 5.32 Å². The second kappa shape index (κ2) is 4.74. The molecule has 0 spiro atoms. The first-order valence-corrected chi connectivity index (χ1v) is 7.09. The molecule has 1 aliphatic rings. The number of hydrogen-bond acceptors (Lipinski definition) is 3. The molecule has 2 aromatic carbocycles. The van der Waals surface area contributed by atoms with E-state index in [-0.39, 0.29) is 5.91 Å². The van der Waals surface area contributed by atoms with Crippen LogP contribution in [0.1, 0.15) is 28.0 Å². The number of rotatable bonds is 2. The van der Waals surface area contributed by atoms with Crippen molar-refractivity contribution in [3.05, 3.63) is 59.3 Å². The van der Waals surface area contributed by atoms with E-state index in [1.54, 1.807) is 0 Å². The van der Waals surface area contributed by atoms with Crippen molar-refractivity contribution in [3.63, 3.8) is 0 Å². The van der Waals surface area contributed by atoms with E-state index in [4.69, 9.17) is 4.52 Å². The number of amides is 1. The van der Waals surface area contributed by atoms with Crippen LogP contribution in [0.15, 0.2) is 47.0 Å². The van der Waals surface area contributed by atoms with Gasteiger partial charge >= 0.3 is 0 Å². The standard InChI is InChI=1S/C17H14N2O2/c20-16(18-17-14-6-3-7-15(14)19-21-17)13-9-8-11-4-1-2-5-12(11)10-13/h1-2,4-5,8-10H,3,6-7H2,(H,18,20). The Morgan fingerprint density at radius 3 is 2.86 bits per heavy atom. The summed E-state index contributed by atoms with van der Waals surface area (Å²) in [4.78, 5) is 12.4. The molecular weight excluding hydrogens is 264 g/mol. The van der Waals surface area contributed by atoms with E-state index in [9.17, 15) is 4.79 Å².